The Bertz CT molecular complexity index is 369. The van der Waals surface area contributed by atoms with Crippen LogP contribution in [-0.2, 0) is 4.79 Å². The average molecular weight is 236 g/mol. The lowest BCUT2D eigenvalue weighted by Gasteiger charge is -2.12. The Morgan fingerprint density at radius 3 is 2.76 bits per heavy atom. The molecule has 0 aliphatic heterocycles. The number of hydrogen-bond acceptors (Lipinski definition) is 3. The molecular formula is C13H20N2O2. The fourth-order valence-electron chi connectivity index (χ4n) is 1.38. The summed E-state index contributed by atoms with van der Waals surface area (Å²) in [6.07, 6.45) is 0. The van der Waals surface area contributed by atoms with Gasteiger partial charge in [-0.25, -0.2) is 0 Å². The number of carbonyl (C=O) groups excluding carboxylic acids is 1. The molecule has 0 aliphatic carbocycles. The van der Waals surface area contributed by atoms with Crippen LogP contribution in [0, 0.1) is 12.8 Å². The molecule has 0 radical (unpaired) electrons. The quantitative estimate of drug-likeness (QED) is 0.765. The van der Waals surface area contributed by atoms with E-state index in [1.807, 2.05) is 32.9 Å². The van der Waals surface area contributed by atoms with Gasteiger partial charge in [-0.15, -0.1) is 0 Å². The Morgan fingerprint density at radius 2 is 2.18 bits per heavy atom. The number of rotatable bonds is 5. The minimum atomic E-state index is -0.124. The van der Waals surface area contributed by atoms with Crippen LogP contribution < -0.4 is 15.8 Å². The maximum atomic E-state index is 11.5. The first-order chi connectivity index (χ1) is 8.00. The summed E-state index contributed by atoms with van der Waals surface area (Å²) >= 11 is 0. The Labute approximate surface area is 102 Å². The number of aryl methyl sites for hydroxylation is 1. The van der Waals surface area contributed by atoms with Gasteiger partial charge in [0.25, 0.3) is 5.91 Å². The predicted molar refractivity (Wildman–Crippen MR) is 68.9 cm³/mol. The molecule has 0 aliphatic rings. The van der Waals surface area contributed by atoms with Crippen LogP contribution in [0.1, 0.15) is 19.4 Å². The van der Waals surface area contributed by atoms with Gasteiger partial charge in [-0.2, -0.15) is 0 Å². The summed E-state index contributed by atoms with van der Waals surface area (Å²) < 4.78 is 5.42. The molecule has 94 valence electrons. The highest BCUT2D eigenvalue weighted by Gasteiger charge is 2.07. The number of para-hydroxylation sites is 1. The van der Waals surface area contributed by atoms with Crippen molar-refractivity contribution in [2.24, 2.45) is 5.92 Å². The Balaban J connectivity index is 2.47. The van der Waals surface area contributed by atoms with E-state index in [1.54, 1.807) is 6.07 Å². The fourth-order valence-corrected chi connectivity index (χ4v) is 1.38. The third kappa shape index (κ3) is 4.34. The number of carbonyl (C=O) groups is 1. The number of anilines is 1. The second kappa shape index (κ2) is 6.13. The summed E-state index contributed by atoms with van der Waals surface area (Å²) in [5.74, 6) is 0.899. The maximum absolute atomic E-state index is 11.5. The number of ether oxygens (including phenoxy) is 1. The number of nitrogens with one attached hydrogen (secondary N) is 1. The molecule has 4 nitrogen and oxygen atoms in total. The Kier molecular flexibility index (Phi) is 4.82. The van der Waals surface area contributed by atoms with E-state index in [2.05, 4.69) is 5.32 Å². The highest BCUT2D eigenvalue weighted by atomic mass is 16.5. The van der Waals surface area contributed by atoms with Crippen LogP contribution in [-0.4, -0.2) is 19.1 Å². The molecule has 1 aromatic carbocycles. The summed E-state index contributed by atoms with van der Waals surface area (Å²) in [7, 11) is 0. The largest absolute Gasteiger partial charge is 0.481 e. The second-order valence-corrected chi connectivity index (χ2v) is 4.48. The van der Waals surface area contributed by atoms with Gasteiger partial charge in [0.15, 0.2) is 6.61 Å². The lowest BCUT2D eigenvalue weighted by molar-refractivity contribution is -0.123. The monoisotopic (exact) mass is 236 g/mol. The first kappa shape index (κ1) is 13.4. The molecule has 0 unspecified atom stereocenters. The van der Waals surface area contributed by atoms with Gasteiger partial charge in [0, 0.05) is 6.54 Å². The van der Waals surface area contributed by atoms with Gasteiger partial charge < -0.3 is 15.8 Å². The minimum Gasteiger partial charge on any atom is -0.481 e. The van der Waals surface area contributed by atoms with Gasteiger partial charge >= 0.3 is 0 Å². The molecule has 17 heavy (non-hydrogen) atoms. The van der Waals surface area contributed by atoms with Crippen LogP contribution in [0.15, 0.2) is 18.2 Å². The smallest absolute Gasteiger partial charge is 0.257 e. The summed E-state index contributed by atoms with van der Waals surface area (Å²) in [5.41, 5.74) is 7.26. The zero-order chi connectivity index (χ0) is 12.8. The van der Waals surface area contributed by atoms with E-state index < -0.39 is 0 Å². The summed E-state index contributed by atoms with van der Waals surface area (Å²) in [6, 6.07) is 5.52. The highest BCUT2D eigenvalue weighted by Crippen LogP contribution is 2.25. The van der Waals surface area contributed by atoms with Gasteiger partial charge in [-0.3, -0.25) is 4.79 Å². The van der Waals surface area contributed by atoms with Crippen molar-refractivity contribution >= 4 is 11.6 Å². The van der Waals surface area contributed by atoms with Crippen LogP contribution in [0.25, 0.3) is 0 Å². The predicted octanol–water partition coefficient (Wildman–Crippen LogP) is 1.73. The van der Waals surface area contributed by atoms with Gasteiger partial charge in [0.2, 0.25) is 0 Å². The van der Waals surface area contributed by atoms with Crippen LogP contribution in [0.4, 0.5) is 5.69 Å². The molecule has 3 N–H and O–H groups in total. The number of benzene rings is 1. The molecule has 1 aromatic rings. The molecule has 0 bridgehead atoms. The van der Waals surface area contributed by atoms with E-state index in [-0.39, 0.29) is 12.5 Å². The normalized spacial score (nSPS) is 10.4. The standard InChI is InChI=1S/C13H20N2O2/c1-9(2)7-15-12(16)8-17-13-10(3)5-4-6-11(13)14/h4-6,9H,7-8,14H2,1-3H3,(H,15,16). The molecule has 1 rings (SSSR count). The van der Waals surface area contributed by atoms with E-state index in [0.29, 0.717) is 23.9 Å². The minimum absolute atomic E-state index is 0.00176. The summed E-state index contributed by atoms with van der Waals surface area (Å²) in [4.78, 5) is 11.5. The molecule has 0 aromatic heterocycles. The van der Waals surface area contributed by atoms with Crippen molar-refractivity contribution in [2.45, 2.75) is 20.8 Å². The lowest BCUT2D eigenvalue weighted by atomic mass is 10.2. The van der Waals surface area contributed by atoms with Crippen molar-refractivity contribution in [3.05, 3.63) is 23.8 Å². The van der Waals surface area contributed by atoms with Gasteiger partial charge in [0.05, 0.1) is 5.69 Å². The lowest BCUT2D eigenvalue weighted by Crippen LogP contribution is -2.31. The molecule has 0 atom stereocenters. The first-order valence-corrected chi connectivity index (χ1v) is 5.75. The number of nitrogens with two attached hydrogens (primary N) is 1. The Morgan fingerprint density at radius 1 is 1.47 bits per heavy atom. The number of amides is 1. The third-order valence-electron chi connectivity index (χ3n) is 2.30. The molecule has 0 spiro atoms. The zero-order valence-corrected chi connectivity index (χ0v) is 10.6. The van der Waals surface area contributed by atoms with Crippen molar-refractivity contribution in [2.75, 3.05) is 18.9 Å². The molecule has 0 saturated carbocycles. The first-order valence-electron chi connectivity index (χ1n) is 5.75. The van der Waals surface area contributed by atoms with E-state index in [0.717, 1.165) is 5.56 Å². The SMILES string of the molecule is Cc1cccc(N)c1OCC(=O)NCC(C)C. The molecule has 4 heteroatoms. The maximum Gasteiger partial charge on any atom is 0.257 e. The number of hydrogen-bond donors (Lipinski definition) is 2. The topological polar surface area (TPSA) is 64.3 Å². The van der Waals surface area contributed by atoms with E-state index in [9.17, 15) is 4.79 Å². The van der Waals surface area contributed by atoms with E-state index in [1.165, 1.54) is 0 Å². The fraction of sp³-hybridized carbons (Fsp3) is 0.462. The van der Waals surface area contributed by atoms with Crippen molar-refractivity contribution in [1.82, 2.24) is 5.32 Å². The molecule has 0 saturated heterocycles. The molecule has 0 fully saturated rings. The van der Waals surface area contributed by atoms with Crippen molar-refractivity contribution in [3.8, 4) is 5.75 Å². The zero-order valence-electron chi connectivity index (χ0n) is 10.6. The van der Waals surface area contributed by atoms with Crippen molar-refractivity contribution < 1.29 is 9.53 Å². The second-order valence-electron chi connectivity index (χ2n) is 4.48. The third-order valence-corrected chi connectivity index (χ3v) is 2.30. The highest BCUT2D eigenvalue weighted by molar-refractivity contribution is 5.77. The molecule has 1 amide bonds. The average Bonchev–Trinajstić information content (AvgIpc) is 2.25. The van der Waals surface area contributed by atoms with E-state index >= 15 is 0 Å². The van der Waals surface area contributed by atoms with Gasteiger partial charge in [-0.1, -0.05) is 26.0 Å². The number of nitrogen functional groups attached to an aromatic ring is 1. The van der Waals surface area contributed by atoms with Crippen LogP contribution >= 0.6 is 0 Å². The molecule has 0 heterocycles. The Hall–Kier alpha value is -1.71. The van der Waals surface area contributed by atoms with Crippen LogP contribution in [0.3, 0.4) is 0 Å². The van der Waals surface area contributed by atoms with Crippen molar-refractivity contribution in [1.29, 1.82) is 0 Å². The van der Waals surface area contributed by atoms with Crippen molar-refractivity contribution in [3.63, 3.8) is 0 Å². The van der Waals surface area contributed by atoms with Crippen LogP contribution in [0.2, 0.25) is 0 Å². The molecular weight excluding hydrogens is 216 g/mol. The van der Waals surface area contributed by atoms with Crippen LogP contribution in [0.5, 0.6) is 5.75 Å². The van der Waals surface area contributed by atoms with Gasteiger partial charge in [0.1, 0.15) is 5.75 Å². The van der Waals surface area contributed by atoms with E-state index in [4.69, 9.17) is 10.5 Å². The summed E-state index contributed by atoms with van der Waals surface area (Å²) in [5, 5.41) is 2.79. The van der Waals surface area contributed by atoms with Gasteiger partial charge in [-0.05, 0) is 24.5 Å². The summed E-state index contributed by atoms with van der Waals surface area (Å²) in [6.45, 7) is 6.64.